The Morgan fingerprint density at radius 2 is 0.828 bits per heavy atom. The molecule has 0 aromatic rings. The molecule has 0 fully saturated rings. The fourth-order valence-electron chi connectivity index (χ4n) is 5.31. The van der Waals surface area contributed by atoms with Crippen LogP contribution in [0.1, 0.15) is 93.4 Å². The normalized spacial score (nSPS) is 14.7. The van der Waals surface area contributed by atoms with E-state index in [9.17, 15) is 0 Å². The van der Waals surface area contributed by atoms with E-state index in [0.717, 1.165) is 107 Å². The molecule has 5 atom stereocenters. The van der Waals surface area contributed by atoms with Crippen molar-refractivity contribution in [3.63, 3.8) is 0 Å². The number of likely N-dealkylation sites (N-methyl/N-ethyl adjacent to an activating group) is 4. The Morgan fingerprint density at radius 3 is 1.17 bits per heavy atom. The highest BCUT2D eigenvalue weighted by atomic mass is 35.5. The molecule has 0 aromatic carbocycles. The summed E-state index contributed by atoms with van der Waals surface area (Å²) in [5.74, 6) is 3.51. The quantitative estimate of drug-likeness (QED) is 0.0571. The number of alkyl halides is 2. The summed E-state index contributed by atoms with van der Waals surface area (Å²) < 4.78 is 25.7. The summed E-state index contributed by atoms with van der Waals surface area (Å²) in [6.45, 7) is 25.3. The van der Waals surface area contributed by atoms with Crippen molar-refractivity contribution in [2.75, 3.05) is 148 Å². The number of halogens is 4. The minimum absolute atomic E-state index is 0. The van der Waals surface area contributed by atoms with Crippen molar-refractivity contribution < 1.29 is 52.7 Å². The molecule has 8 nitrogen and oxygen atoms in total. The Bertz CT molecular complexity index is 870. The van der Waals surface area contributed by atoms with Crippen LogP contribution in [0.25, 0.3) is 0 Å². The SMILES string of the molecule is CCC(CC)COCC(CC)OCC(CC)C[N+](C)(C)C/C=C/C[N+](C)(C)C.CCC(CCl)COCC(CC)OCC(CC)CCl.CN(C)C/C=C/CN(C)C.[Cl-].[Cl-]. The van der Waals surface area contributed by atoms with Crippen LogP contribution in [0, 0.1) is 23.7 Å². The summed E-state index contributed by atoms with van der Waals surface area (Å²) >= 11 is 11.7. The summed E-state index contributed by atoms with van der Waals surface area (Å²) in [5.41, 5.74) is 0. The molecule has 0 saturated carbocycles. The predicted molar refractivity (Wildman–Crippen MR) is 249 cm³/mol. The number of hydrogen-bond donors (Lipinski definition) is 0. The van der Waals surface area contributed by atoms with E-state index in [-0.39, 0.29) is 37.0 Å². The van der Waals surface area contributed by atoms with Crippen LogP contribution in [0.3, 0.4) is 0 Å². The number of quaternary nitrogens is 2. The van der Waals surface area contributed by atoms with Gasteiger partial charge in [0.25, 0.3) is 0 Å². The van der Waals surface area contributed by atoms with Crippen LogP contribution >= 0.6 is 23.2 Å². The van der Waals surface area contributed by atoms with Crippen molar-refractivity contribution in [2.45, 2.75) is 106 Å². The highest BCUT2D eigenvalue weighted by Gasteiger charge is 2.22. The van der Waals surface area contributed by atoms with Gasteiger partial charge in [-0.2, -0.15) is 0 Å². The zero-order chi connectivity index (χ0) is 43.4. The first kappa shape index (κ1) is 67.4. The van der Waals surface area contributed by atoms with Crippen LogP contribution < -0.4 is 24.8 Å². The molecule has 5 unspecified atom stereocenters. The lowest BCUT2D eigenvalue weighted by atomic mass is 10.1. The minimum Gasteiger partial charge on any atom is -1.00 e. The van der Waals surface area contributed by atoms with Gasteiger partial charge in [0.05, 0.1) is 100 Å². The molecule has 0 saturated heterocycles. The lowest BCUT2D eigenvalue weighted by molar-refractivity contribution is -0.888. The second-order valence-corrected chi connectivity index (χ2v) is 18.5. The monoisotopic (exact) mass is 911 g/mol. The average molecular weight is 913 g/mol. The first-order valence-corrected chi connectivity index (χ1v) is 23.2. The number of nitrogens with zero attached hydrogens (tertiary/aromatic N) is 4. The highest BCUT2D eigenvalue weighted by Crippen LogP contribution is 2.15. The molecule has 0 rings (SSSR count). The van der Waals surface area contributed by atoms with Gasteiger partial charge in [-0.1, -0.05) is 73.5 Å². The molecule has 0 spiro atoms. The fraction of sp³-hybridized carbons (Fsp3) is 0.913. The third-order valence-corrected chi connectivity index (χ3v) is 10.8. The Balaban J connectivity index is -0.000000267. The van der Waals surface area contributed by atoms with Gasteiger partial charge in [-0.05, 0) is 90.2 Å². The van der Waals surface area contributed by atoms with E-state index >= 15 is 0 Å². The topological polar surface area (TPSA) is 43.4 Å². The highest BCUT2D eigenvalue weighted by molar-refractivity contribution is 6.18. The average Bonchev–Trinajstić information content (AvgIpc) is 3.15. The largest absolute Gasteiger partial charge is 1.00 e. The molecule has 0 radical (unpaired) electrons. The van der Waals surface area contributed by atoms with Gasteiger partial charge in [-0.25, -0.2) is 0 Å². The van der Waals surface area contributed by atoms with Crippen LogP contribution in [0.4, 0.5) is 0 Å². The maximum Gasteiger partial charge on any atom is 0.0971 e. The Kier molecular flexibility index (Phi) is 51.1. The molecule has 0 heterocycles. The summed E-state index contributed by atoms with van der Waals surface area (Å²) in [6.07, 6.45) is 17.1. The Hall–Kier alpha value is 0.320. The Labute approximate surface area is 385 Å². The van der Waals surface area contributed by atoms with Gasteiger partial charge < -0.3 is 62.5 Å². The van der Waals surface area contributed by atoms with Crippen molar-refractivity contribution in [3.8, 4) is 0 Å². The second kappa shape index (κ2) is 43.9. The molecular formula is C46H98Cl4N4O4. The lowest BCUT2D eigenvalue weighted by Gasteiger charge is -2.33. The molecule has 0 amide bonds. The van der Waals surface area contributed by atoms with Crippen molar-refractivity contribution in [2.24, 2.45) is 23.7 Å². The molecule has 354 valence electrons. The van der Waals surface area contributed by atoms with E-state index in [4.69, 9.17) is 42.1 Å². The molecule has 0 aliphatic rings. The number of ether oxygens (including phenoxy) is 4. The predicted octanol–water partition coefficient (Wildman–Crippen LogP) is 3.60. The Morgan fingerprint density at radius 1 is 0.466 bits per heavy atom. The van der Waals surface area contributed by atoms with Gasteiger partial charge in [-0.3, -0.25) is 0 Å². The standard InChI is InChI=1S/C24H52N2O2.C14H28Cl2O2.C8H18N2.2ClH/c1-10-22(11-2)19-27-21-24(13-4)28-20-23(12-3)18-26(8,9)17-15-14-16-25(5,6)7;1-4-12(7-15)9-17-11-14(6-3)18-10-13(5-2)8-16;1-9(2)7-5-6-8-10(3)4;;/h14-15,22-24H,10-13,16-21H2,1-9H3;12-14H,4-11H2,1-3H3;5-6H,7-8H2,1-4H3;2*1H/q+2;;;;/p-2/b15-14+;;6-5+;;. The van der Waals surface area contributed by atoms with Crippen LogP contribution in [0.2, 0.25) is 0 Å². The number of hydrogen-bond acceptors (Lipinski definition) is 6. The molecular weight excluding hydrogens is 814 g/mol. The zero-order valence-electron chi connectivity index (χ0n) is 40.8. The third-order valence-electron chi connectivity index (χ3n) is 9.96. The van der Waals surface area contributed by atoms with Gasteiger partial charge in [0.2, 0.25) is 0 Å². The molecule has 0 aromatic heterocycles. The fourth-order valence-corrected chi connectivity index (χ4v) is 5.92. The van der Waals surface area contributed by atoms with E-state index in [2.05, 4.69) is 146 Å². The summed E-state index contributed by atoms with van der Waals surface area (Å²) in [4.78, 5) is 4.29. The van der Waals surface area contributed by atoms with E-state index in [1.165, 1.54) is 12.8 Å². The maximum absolute atomic E-state index is 6.25. The minimum atomic E-state index is 0. The van der Waals surface area contributed by atoms with Crippen LogP contribution in [0.15, 0.2) is 24.3 Å². The molecule has 0 N–H and O–H groups in total. The van der Waals surface area contributed by atoms with E-state index in [1.54, 1.807) is 0 Å². The third kappa shape index (κ3) is 45.8. The smallest absolute Gasteiger partial charge is 0.0971 e. The van der Waals surface area contributed by atoms with Crippen molar-refractivity contribution >= 4 is 23.2 Å². The summed E-state index contributed by atoms with van der Waals surface area (Å²) in [6, 6.07) is 0. The van der Waals surface area contributed by atoms with E-state index < -0.39 is 0 Å². The van der Waals surface area contributed by atoms with Gasteiger partial charge >= 0.3 is 0 Å². The van der Waals surface area contributed by atoms with Crippen molar-refractivity contribution in [1.29, 1.82) is 0 Å². The first-order valence-electron chi connectivity index (χ1n) is 22.1. The van der Waals surface area contributed by atoms with Crippen LogP contribution in [-0.2, 0) is 18.9 Å². The molecule has 0 aliphatic heterocycles. The van der Waals surface area contributed by atoms with Crippen LogP contribution in [-0.4, -0.2) is 179 Å². The van der Waals surface area contributed by atoms with Gasteiger partial charge in [0.1, 0.15) is 0 Å². The molecule has 0 aliphatic carbocycles. The van der Waals surface area contributed by atoms with Gasteiger partial charge in [0, 0.05) is 37.4 Å². The van der Waals surface area contributed by atoms with Gasteiger partial charge in [0.15, 0.2) is 0 Å². The molecule has 58 heavy (non-hydrogen) atoms. The second-order valence-electron chi connectivity index (χ2n) is 17.9. The van der Waals surface area contributed by atoms with E-state index in [1.807, 2.05) is 0 Å². The summed E-state index contributed by atoms with van der Waals surface area (Å²) in [7, 11) is 19.6. The number of rotatable bonds is 33. The lowest BCUT2D eigenvalue weighted by Crippen LogP contribution is -3.00. The molecule has 12 heteroatoms. The maximum atomic E-state index is 6.25. The molecule has 0 bridgehead atoms. The summed E-state index contributed by atoms with van der Waals surface area (Å²) in [5, 5.41) is 0. The zero-order valence-corrected chi connectivity index (χ0v) is 43.9. The van der Waals surface area contributed by atoms with Crippen LogP contribution in [0.5, 0.6) is 0 Å². The van der Waals surface area contributed by atoms with Crippen molar-refractivity contribution in [1.82, 2.24) is 9.80 Å². The first-order chi connectivity index (χ1) is 26.4. The van der Waals surface area contributed by atoms with Gasteiger partial charge in [-0.15, -0.1) is 23.2 Å². The van der Waals surface area contributed by atoms with E-state index in [0.29, 0.717) is 42.0 Å². The van der Waals surface area contributed by atoms with Crippen molar-refractivity contribution in [3.05, 3.63) is 24.3 Å².